The van der Waals surface area contributed by atoms with E-state index in [4.69, 9.17) is 11.6 Å². The van der Waals surface area contributed by atoms with Crippen LogP contribution in [0.15, 0.2) is 30.6 Å². The van der Waals surface area contributed by atoms with E-state index in [0.717, 1.165) is 5.69 Å². The molecule has 2 heterocycles. The number of hydrogen-bond donors (Lipinski definition) is 2. The summed E-state index contributed by atoms with van der Waals surface area (Å²) in [5, 5.41) is 9.41. The lowest BCUT2D eigenvalue weighted by molar-refractivity contribution is -0.115. The Morgan fingerprint density at radius 3 is 3.00 bits per heavy atom. The number of pyridine rings is 1. The number of aromatic nitrogens is 3. The van der Waals surface area contributed by atoms with Crippen molar-refractivity contribution in [3.63, 3.8) is 0 Å². The van der Waals surface area contributed by atoms with Gasteiger partial charge in [-0.1, -0.05) is 11.6 Å². The van der Waals surface area contributed by atoms with Crippen LogP contribution in [0.2, 0.25) is 5.15 Å². The number of nitrogens with one attached hydrogen (secondary N) is 2. The molecule has 2 aromatic rings. The first kappa shape index (κ1) is 10.6. The number of H-pyrrole nitrogens is 1. The van der Waals surface area contributed by atoms with E-state index in [0.29, 0.717) is 5.69 Å². The fourth-order valence-electron chi connectivity index (χ4n) is 1.23. The van der Waals surface area contributed by atoms with Crippen LogP contribution in [0.1, 0.15) is 5.69 Å². The van der Waals surface area contributed by atoms with Crippen molar-refractivity contribution in [2.45, 2.75) is 6.42 Å². The van der Waals surface area contributed by atoms with Crippen molar-refractivity contribution in [2.24, 2.45) is 0 Å². The SMILES string of the molecule is O=C(Cc1ccn[nH]1)Nc1cccnc1Cl. The maximum atomic E-state index is 11.6. The molecule has 2 rings (SSSR count). The zero-order valence-electron chi connectivity index (χ0n) is 8.27. The van der Waals surface area contributed by atoms with Gasteiger partial charge in [0.25, 0.3) is 0 Å². The highest BCUT2D eigenvalue weighted by Crippen LogP contribution is 2.17. The molecule has 1 amide bonds. The van der Waals surface area contributed by atoms with E-state index in [-0.39, 0.29) is 17.5 Å². The molecule has 0 atom stereocenters. The molecule has 0 unspecified atom stereocenters. The average Bonchev–Trinajstić information content (AvgIpc) is 2.74. The third-order valence-corrected chi connectivity index (χ3v) is 2.24. The van der Waals surface area contributed by atoms with Gasteiger partial charge in [0.05, 0.1) is 12.1 Å². The van der Waals surface area contributed by atoms with Gasteiger partial charge in [-0.15, -0.1) is 0 Å². The second-order valence-electron chi connectivity index (χ2n) is 3.15. The fraction of sp³-hybridized carbons (Fsp3) is 0.100. The molecule has 0 aliphatic heterocycles. The third kappa shape index (κ3) is 2.58. The number of rotatable bonds is 3. The number of anilines is 1. The van der Waals surface area contributed by atoms with Gasteiger partial charge in [-0.2, -0.15) is 5.10 Å². The summed E-state index contributed by atoms with van der Waals surface area (Å²) >= 11 is 5.80. The van der Waals surface area contributed by atoms with Gasteiger partial charge in [0.15, 0.2) is 5.15 Å². The minimum Gasteiger partial charge on any atom is -0.323 e. The molecule has 0 aliphatic rings. The Hall–Kier alpha value is -1.88. The van der Waals surface area contributed by atoms with E-state index in [1.807, 2.05) is 0 Å². The Kier molecular flexibility index (Phi) is 3.16. The van der Waals surface area contributed by atoms with Crippen LogP contribution < -0.4 is 5.32 Å². The lowest BCUT2D eigenvalue weighted by atomic mass is 10.3. The van der Waals surface area contributed by atoms with Gasteiger partial charge in [0.2, 0.25) is 5.91 Å². The zero-order valence-corrected chi connectivity index (χ0v) is 9.03. The maximum Gasteiger partial charge on any atom is 0.230 e. The van der Waals surface area contributed by atoms with Crippen LogP contribution in [0.4, 0.5) is 5.69 Å². The summed E-state index contributed by atoms with van der Waals surface area (Å²) in [5.74, 6) is -0.167. The number of hydrogen-bond acceptors (Lipinski definition) is 3. The van der Waals surface area contributed by atoms with Crippen molar-refractivity contribution in [1.29, 1.82) is 0 Å². The van der Waals surface area contributed by atoms with Crippen molar-refractivity contribution in [3.05, 3.63) is 41.4 Å². The molecule has 0 aromatic carbocycles. The summed E-state index contributed by atoms with van der Waals surface area (Å²) in [5.41, 5.74) is 1.26. The minimum absolute atomic E-state index is 0.167. The van der Waals surface area contributed by atoms with Crippen molar-refractivity contribution < 1.29 is 4.79 Å². The van der Waals surface area contributed by atoms with E-state index in [2.05, 4.69) is 20.5 Å². The summed E-state index contributed by atoms with van der Waals surface area (Å²) in [7, 11) is 0. The Morgan fingerprint density at radius 1 is 1.44 bits per heavy atom. The highest BCUT2D eigenvalue weighted by molar-refractivity contribution is 6.32. The molecule has 0 fully saturated rings. The lowest BCUT2D eigenvalue weighted by Crippen LogP contribution is -2.15. The van der Waals surface area contributed by atoms with Crippen LogP contribution >= 0.6 is 11.6 Å². The van der Waals surface area contributed by atoms with Crippen LogP contribution in [0, 0.1) is 0 Å². The van der Waals surface area contributed by atoms with E-state index in [1.54, 1.807) is 30.6 Å². The maximum absolute atomic E-state index is 11.6. The Labute approximate surface area is 96.8 Å². The normalized spacial score (nSPS) is 10.1. The van der Waals surface area contributed by atoms with E-state index in [9.17, 15) is 4.79 Å². The van der Waals surface area contributed by atoms with Gasteiger partial charge >= 0.3 is 0 Å². The molecule has 0 saturated heterocycles. The molecule has 16 heavy (non-hydrogen) atoms. The van der Waals surface area contributed by atoms with Crippen LogP contribution in [-0.4, -0.2) is 21.1 Å². The van der Waals surface area contributed by atoms with Gasteiger partial charge in [-0.25, -0.2) is 4.98 Å². The molecule has 82 valence electrons. The van der Waals surface area contributed by atoms with Crippen molar-refractivity contribution in [1.82, 2.24) is 15.2 Å². The topological polar surface area (TPSA) is 70.7 Å². The largest absolute Gasteiger partial charge is 0.323 e. The predicted octanol–water partition coefficient (Wildman–Crippen LogP) is 1.64. The summed E-state index contributed by atoms with van der Waals surface area (Å²) in [6.45, 7) is 0. The fourth-order valence-corrected chi connectivity index (χ4v) is 1.40. The molecular formula is C10H9ClN4O. The van der Waals surface area contributed by atoms with E-state index in [1.165, 1.54) is 0 Å². The molecule has 5 nitrogen and oxygen atoms in total. The van der Waals surface area contributed by atoms with Gasteiger partial charge in [-0.3, -0.25) is 9.89 Å². The summed E-state index contributed by atoms with van der Waals surface area (Å²) in [4.78, 5) is 15.4. The molecule has 0 aliphatic carbocycles. The molecule has 6 heteroatoms. The number of carbonyl (C=O) groups is 1. The second-order valence-corrected chi connectivity index (χ2v) is 3.51. The lowest BCUT2D eigenvalue weighted by Gasteiger charge is -2.04. The van der Waals surface area contributed by atoms with E-state index < -0.39 is 0 Å². The highest BCUT2D eigenvalue weighted by atomic mass is 35.5. The summed E-state index contributed by atoms with van der Waals surface area (Å²) in [6, 6.07) is 5.14. The molecule has 0 saturated carbocycles. The Bertz CT molecular complexity index is 483. The first-order valence-electron chi connectivity index (χ1n) is 4.64. The molecule has 0 bridgehead atoms. The van der Waals surface area contributed by atoms with Crippen LogP contribution in [0.3, 0.4) is 0 Å². The molecule has 0 radical (unpaired) electrons. The highest BCUT2D eigenvalue weighted by Gasteiger charge is 2.07. The summed E-state index contributed by atoms with van der Waals surface area (Å²) in [6.07, 6.45) is 3.39. The number of carbonyl (C=O) groups excluding carboxylic acids is 1. The smallest absolute Gasteiger partial charge is 0.230 e. The monoisotopic (exact) mass is 236 g/mol. The van der Waals surface area contributed by atoms with Gasteiger partial charge in [0, 0.05) is 18.1 Å². The molecular weight excluding hydrogens is 228 g/mol. The first-order chi connectivity index (χ1) is 7.75. The number of halogens is 1. The van der Waals surface area contributed by atoms with Crippen LogP contribution in [0.5, 0.6) is 0 Å². The molecule has 0 spiro atoms. The second kappa shape index (κ2) is 4.76. The van der Waals surface area contributed by atoms with Gasteiger partial charge < -0.3 is 5.32 Å². The standard InChI is InChI=1S/C10H9ClN4O/c11-10-8(2-1-4-12-10)14-9(16)6-7-3-5-13-15-7/h1-5H,6H2,(H,13,15)(H,14,16). The molecule has 2 N–H and O–H groups in total. The van der Waals surface area contributed by atoms with Crippen LogP contribution in [0.25, 0.3) is 0 Å². The summed E-state index contributed by atoms with van der Waals surface area (Å²) < 4.78 is 0. The minimum atomic E-state index is -0.167. The molecule has 2 aromatic heterocycles. The quantitative estimate of drug-likeness (QED) is 0.796. The number of amides is 1. The number of nitrogens with zero attached hydrogens (tertiary/aromatic N) is 2. The Morgan fingerprint density at radius 2 is 2.31 bits per heavy atom. The van der Waals surface area contributed by atoms with Crippen molar-refractivity contribution >= 4 is 23.2 Å². The predicted molar refractivity (Wildman–Crippen MR) is 60.2 cm³/mol. The third-order valence-electron chi connectivity index (χ3n) is 1.94. The number of aromatic amines is 1. The van der Waals surface area contributed by atoms with Crippen LogP contribution in [-0.2, 0) is 11.2 Å². The van der Waals surface area contributed by atoms with Gasteiger partial charge in [0.1, 0.15) is 0 Å². The van der Waals surface area contributed by atoms with Crippen molar-refractivity contribution in [2.75, 3.05) is 5.32 Å². The van der Waals surface area contributed by atoms with Gasteiger partial charge in [-0.05, 0) is 18.2 Å². The van der Waals surface area contributed by atoms with Crippen molar-refractivity contribution in [3.8, 4) is 0 Å². The average molecular weight is 237 g/mol. The zero-order chi connectivity index (χ0) is 11.4. The first-order valence-corrected chi connectivity index (χ1v) is 5.02. The van der Waals surface area contributed by atoms with E-state index >= 15 is 0 Å². The Balaban J connectivity index is 2.00.